The molecular formula is C16H27NO3. The third-order valence-electron chi connectivity index (χ3n) is 3.12. The molecule has 0 aromatic heterocycles. The maximum Gasteiger partial charge on any atom is 0.124 e. The minimum Gasteiger partial charge on any atom is -0.490 e. The number of ether oxygens (including phenoxy) is 2. The average molecular weight is 281 g/mol. The van der Waals surface area contributed by atoms with Gasteiger partial charge in [-0.15, -0.1) is 0 Å². The van der Waals surface area contributed by atoms with E-state index in [4.69, 9.17) is 9.47 Å². The SMILES string of the molecule is CNC(C)c1ccc(C)cc1OCC(O)COC(C)C. The first-order valence-corrected chi connectivity index (χ1v) is 7.14. The molecule has 0 radical (unpaired) electrons. The summed E-state index contributed by atoms with van der Waals surface area (Å²) in [7, 11) is 1.92. The molecule has 4 heteroatoms. The predicted molar refractivity (Wildman–Crippen MR) is 81.2 cm³/mol. The number of rotatable bonds is 8. The van der Waals surface area contributed by atoms with Crippen LogP contribution in [0.5, 0.6) is 5.75 Å². The van der Waals surface area contributed by atoms with Gasteiger partial charge in [0.25, 0.3) is 0 Å². The van der Waals surface area contributed by atoms with E-state index in [9.17, 15) is 5.11 Å². The molecule has 1 rings (SSSR count). The van der Waals surface area contributed by atoms with E-state index in [1.807, 2.05) is 33.9 Å². The van der Waals surface area contributed by atoms with Crippen LogP contribution in [0.2, 0.25) is 0 Å². The third-order valence-corrected chi connectivity index (χ3v) is 3.12. The van der Waals surface area contributed by atoms with Crippen molar-refractivity contribution in [2.24, 2.45) is 0 Å². The molecule has 0 saturated heterocycles. The van der Waals surface area contributed by atoms with Gasteiger partial charge in [0.15, 0.2) is 0 Å². The maximum atomic E-state index is 9.85. The number of hydrogen-bond acceptors (Lipinski definition) is 4. The summed E-state index contributed by atoms with van der Waals surface area (Å²) < 4.78 is 11.1. The summed E-state index contributed by atoms with van der Waals surface area (Å²) in [5, 5.41) is 13.1. The van der Waals surface area contributed by atoms with Crippen LogP contribution in [0.4, 0.5) is 0 Å². The molecule has 20 heavy (non-hydrogen) atoms. The van der Waals surface area contributed by atoms with Crippen molar-refractivity contribution in [2.75, 3.05) is 20.3 Å². The molecule has 0 spiro atoms. The lowest BCUT2D eigenvalue weighted by Gasteiger charge is -2.19. The lowest BCUT2D eigenvalue weighted by atomic mass is 10.1. The minimum absolute atomic E-state index is 0.114. The summed E-state index contributed by atoms with van der Waals surface area (Å²) in [6.45, 7) is 8.52. The summed E-state index contributed by atoms with van der Waals surface area (Å²) in [5.74, 6) is 0.815. The van der Waals surface area contributed by atoms with Crippen molar-refractivity contribution in [3.63, 3.8) is 0 Å². The highest BCUT2D eigenvalue weighted by atomic mass is 16.5. The molecule has 0 aliphatic heterocycles. The Hall–Kier alpha value is -1.10. The molecule has 0 saturated carbocycles. The standard InChI is InChI=1S/C16H27NO3/c1-11(2)19-9-14(18)10-20-16-8-12(3)6-7-15(16)13(4)17-5/h6-8,11,13-14,17-18H,9-10H2,1-5H3. The predicted octanol–water partition coefficient (Wildman–Crippen LogP) is 2.44. The van der Waals surface area contributed by atoms with Gasteiger partial charge < -0.3 is 19.9 Å². The quantitative estimate of drug-likeness (QED) is 0.768. The molecule has 0 amide bonds. The first-order chi connectivity index (χ1) is 9.43. The molecule has 4 nitrogen and oxygen atoms in total. The fourth-order valence-corrected chi connectivity index (χ4v) is 1.82. The van der Waals surface area contributed by atoms with Gasteiger partial charge in [-0.2, -0.15) is 0 Å². The van der Waals surface area contributed by atoms with Crippen LogP contribution >= 0.6 is 0 Å². The van der Waals surface area contributed by atoms with Gasteiger partial charge in [0.2, 0.25) is 0 Å². The van der Waals surface area contributed by atoms with Crippen molar-refractivity contribution >= 4 is 0 Å². The summed E-state index contributed by atoms with van der Waals surface area (Å²) >= 11 is 0. The number of nitrogens with one attached hydrogen (secondary N) is 1. The third kappa shape index (κ3) is 5.49. The normalized spacial score (nSPS) is 14.3. The van der Waals surface area contributed by atoms with Crippen LogP contribution in [0.25, 0.3) is 0 Å². The van der Waals surface area contributed by atoms with Crippen LogP contribution < -0.4 is 10.1 Å². The van der Waals surface area contributed by atoms with E-state index in [2.05, 4.69) is 24.4 Å². The number of benzene rings is 1. The van der Waals surface area contributed by atoms with E-state index >= 15 is 0 Å². The van der Waals surface area contributed by atoms with Gasteiger partial charge in [-0.3, -0.25) is 0 Å². The van der Waals surface area contributed by atoms with Crippen molar-refractivity contribution in [1.82, 2.24) is 5.32 Å². The van der Waals surface area contributed by atoms with Crippen LogP contribution in [0.3, 0.4) is 0 Å². The van der Waals surface area contributed by atoms with Crippen molar-refractivity contribution in [2.45, 2.75) is 45.9 Å². The Balaban J connectivity index is 2.64. The Morgan fingerprint density at radius 1 is 1.20 bits per heavy atom. The van der Waals surface area contributed by atoms with E-state index in [1.54, 1.807) is 0 Å². The molecule has 0 bridgehead atoms. The Labute approximate surface area is 122 Å². The number of aliphatic hydroxyl groups is 1. The fourth-order valence-electron chi connectivity index (χ4n) is 1.82. The highest BCUT2D eigenvalue weighted by molar-refractivity contribution is 5.39. The van der Waals surface area contributed by atoms with Gasteiger partial charge >= 0.3 is 0 Å². The molecule has 0 aliphatic rings. The summed E-state index contributed by atoms with van der Waals surface area (Å²) in [5.41, 5.74) is 2.23. The smallest absolute Gasteiger partial charge is 0.124 e. The minimum atomic E-state index is -0.615. The highest BCUT2D eigenvalue weighted by Gasteiger charge is 2.13. The zero-order chi connectivity index (χ0) is 15.1. The second-order valence-electron chi connectivity index (χ2n) is 5.40. The zero-order valence-corrected chi connectivity index (χ0v) is 13.1. The van der Waals surface area contributed by atoms with Crippen molar-refractivity contribution in [3.05, 3.63) is 29.3 Å². The van der Waals surface area contributed by atoms with Gasteiger partial charge in [0.1, 0.15) is 18.5 Å². The molecule has 2 atom stereocenters. The number of hydrogen-bond donors (Lipinski definition) is 2. The van der Waals surface area contributed by atoms with Gasteiger partial charge in [-0.25, -0.2) is 0 Å². The second-order valence-corrected chi connectivity index (χ2v) is 5.40. The maximum absolute atomic E-state index is 9.85. The van der Waals surface area contributed by atoms with Crippen molar-refractivity contribution in [3.8, 4) is 5.75 Å². The van der Waals surface area contributed by atoms with Gasteiger partial charge in [-0.1, -0.05) is 12.1 Å². The van der Waals surface area contributed by atoms with Crippen molar-refractivity contribution < 1.29 is 14.6 Å². The molecular weight excluding hydrogens is 254 g/mol. The van der Waals surface area contributed by atoms with Gasteiger partial charge in [0, 0.05) is 11.6 Å². The lowest BCUT2D eigenvalue weighted by molar-refractivity contribution is -0.0124. The summed E-state index contributed by atoms with van der Waals surface area (Å²) in [4.78, 5) is 0. The highest BCUT2D eigenvalue weighted by Crippen LogP contribution is 2.26. The van der Waals surface area contributed by atoms with Crippen LogP contribution in [-0.2, 0) is 4.74 Å². The molecule has 0 heterocycles. The van der Waals surface area contributed by atoms with Gasteiger partial charge in [-0.05, 0) is 46.4 Å². The molecule has 0 fully saturated rings. The summed E-state index contributed by atoms with van der Waals surface area (Å²) in [6, 6.07) is 6.32. The van der Waals surface area contributed by atoms with Crippen molar-refractivity contribution in [1.29, 1.82) is 0 Å². The number of aliphatic hydroxyl groups excluding tert-OH is 1. The first-order valence-electron chi connectivity index (χ1n) is 7.14. The van der Waals surface area contributed by atoms with E-state index in [-0.39, 0.29) is 18.8 Å². The Morgan fingerprint density at radius 2 is 1.90 bits per heavy atom. The zero-order valence-electron chi connectivity index (χ0n) is 13.1. The van der Waals surface area contributed by atoms with Crippen LogP contribution in [0, 0.1) is 6.92 Å². The molecule has 1 aromatic carbocycles. The monoisotopic (exact) mass is 281 g/mol. The van der Waals surface area contributed by atoms with Crippen LogP contribution in [0.15, 0.2) is 18.2 Å². The van der Waals surface area contributed by atoms with E-state index < -0.39 is 6.10 Å². The lowest BCUT2D eigenvalue weighted by Crippen LogP contribution is -2.25. The van der Waals surface area contributed by atoms with E-state index in [0.717, 1.165) is 16.9 Å². The fraction of sp³-hybridized carbons (Fsp3) is 0.625. The average Bonchev–Trinajstić information content (AvgIpc) is 2.42. The Morgan fingerprint density at radius 3 is 2.50 bits per heavy atom. The summed E-state index contributed by atoms with van der Waals surface area (Å²) in [6.07, 6.45) is -0.501. The van der Waals surface area contributed by atoms with E-state index in [1.165, 1.54) is 0 Å². The number of aryl methyl sites for hydroxylation is 1. The largest absolute Gasteiger partial charge is 0.490 e. The van der Waals surface area contributed by atoms with Gasteiger partial charge in [0.05, 0.1) is 12.7 Å². The Kier molecular flexibility index (Phi) is 6.99. The molecule has 2 unspecified atom stereocenters. The first kappa shape index (κ1) is 17.0. The topological polar surface area (TPSA) is 50.7 Å². The Bertz CT molecular complexity index is 407. The second kappa shape index (κ2) is 8.25. The van der Waals surface area contributed by atoms with Crippen LogP contribution in [0.1, 0.15) is 37.9 Å². The van der Waals surface area contributed by atoms with Crippen LogP contribution in [-0.4, -0.2) is 37.6 Å². The molecule has 0 aliphatic carbocycles. The molecule has 2 N–H and O–H groups in total. The molecule has 114 valence electrons. The molecule has 1 aromatic rings. The van der Waals surface area contributed by atoms with E-state index in [0.29, 0.717) is 6.61 Å².